The van der Waals surface area contributed by atoms with Crippen LogP contribution >= 0.6 is 0 Å². The van der Waals surface area contributed by atoms with Crippen molar-refractivity contribution in [3.63, 3.8) is 0 Å². The van der Waals surface area contributed by atoms with Crippen LogP contribution in [-0.4, -0.2) is 4.57 Å². The molecule has 0 radical (unpaired) electrons. The monoisotopic (exact) mass is 215 g/mol. The quantitative estimate of drug-likeness (QED) is 0.659. The van der Waals surface area contributed by atoms with Gasteiger partial charge in [-0.15, -0.1) is 0 Å². The molecule has 0 aliphatic carbocycles. The molecule has 1 heterocycles. The van der Waals surface area contributed by atoms with Crippen LogP contribution in [0.4, 0.5) is 0 Å². The molecule has 86 valence electrons. The van der Waals surface area contributed by atoms with Crippen LogP contribution < -0.4 is 0 Å². The lowest BCUT2D eigenvalue weighted by Crippen LogP contribution is -2.18. The van der Waals surface area contributed by atoms with Gasteiger partial charge >= 0.3 is 0 Å². The molecular formula is C15H21N. The molecule has 0 aliphatic heterocycles. The Hall–Kier alpha value is -1.24. The van der Waals surface area contributed by atoms with Gasteiger partial charge in [-0.1, -0.05) is 39.0 Å². The van der Waals surface area contributed by atoms with Gasteiger partial charge in [0.2, 0.25) is 0 Å². The van der Waals surface area contributed by atoms with Crippen LogP contribution in [0.2, 0.25) is 0 Å². The third kappa shape index (κ3) is 1.75. The Bertz CT molecular complexity index is 498. The molecule has 0 amide bonds. The second kappa shape index (κ2) is 3.65. The largest absolute Gasteiger partial charge is 0.342 e. The van der Waals surface area contributed by atoms with E-state index in [1.54, 1.807) is 0 Å². The van der Waals surface area contributed by atoms with Crippen molar-refractivity contribution in [2.75, 3.05) is 0 Å². The van der Waals surface area contributed by atoms with E-state index in [1.807, 2.05) is 0 Å². The minimum absolute atomic E-state index is 0.198. The van der Waals surface area contributed by atoms with Crippen LogP contribution in [0.25, 0.3) is 10.9 Å². The molecule has 0 N–H and O–H groups in total. The summed E-state index contributed by atoms with van der Waals surface area (Å²) < 4.78 is 2.45. The average molecular weight is 215 g/mol. The molecule has 0 atom stereocenters. The lowest BCUT2D eigenvalue weighted by Gasteiger charge is -2.24. The SMILES string of the molecule is CC(C)n1c(C(C)(C)C)cc2ccccc21. The number of para-hydroxylation sites is 1. The molecule has 0 saturated heterocycles. The third-order valence-corrected chi connectivity index (χ3v) is 3.03. The topological polar surface area (TPSA) is 4.93 Å². The molecule has 1 aromatic heterocycles. The highest BCUT2D eigenvalue weighted by atomic mass is 15.0. The number of aromatic nitrogens is 1. The normalized spacial score (nSPS) is 12.6. The van der Waals surface area contributed by atoms with E-state index in [0.717, 1.165) is 0 Å². The number of hydrogen-bond acceptors (Lipinski definition) is 0. The van der Waals surface area contributed by atoms with Crippen molar-refractivity contribution < 1.29 is 0 Å². The predicted octanol–water partition coefficient (Wildman–Crippen LogP) is 4.52. The lowest BCUT2D eigenvalue weighted by atomic mass is 9.92. The Morgan fingerprint density at radius 1 is 1.06 bits per heavy atom. The second-order valence-corrected chi connectivity index (χ2v) is 5.80. The summed E-state index contributed by atoms with van der Waals surface area (Å²) in [6, 6.07) is 11.5. The van der Waals surface area contributed by atoms with Gasteiger partial charge in [0.15, 0.2) is 0 Å². The Morgan fingerprint density at radius 2 is 1.69 bits per heavy atom. The van der Waals surface area contributed by atoms with E-state index in [9.17, 15) is 0 Å². The Morgan fingerprint density at radius 3 is 2.25 bits per heavy atom. The summed E-state index contributed by atoms with van der Waals surface area (Å²) in [5.41, 5.74) is 2.97. The molecule has 0 saturated carbocycles. The first kappa shape index (κ1) is 11.3. The van der Waals surface area contributed by atoms with Gasteiger partial charge in [-0.25, -0.2) is 0 Å². The number of hydrogen-bond donors (Lipinski definition) is 0. The highest BCUT2D eigenvalue weighted by molar-refractivity contribution is 5.81. The maximum atomic E-state index is 2.45. The van der Waals surface area contributed by atoms with Crippen molar-refractivity contribution in [1.82, 2.24) is 4.57 Å². The van der Waals surface area contributed by atoms with Crippen molar-refractivity contribution in [2.45, 2.75) is 46.1 Å². The third-order valence-electron chi connectivity index (χ3n) is 3.03. The van der Waals surface area contributed by atoms with Gasteiger partial charge in [0.1, 0.15) is 0 Å². The maximum absolute atomic E-state index is 2.45. The van der Waals surface area contributed by atoms with Crippen LogP contribution in [0.5, 0.6) is 0 Å². The first-order valence-corrected chi connectivity index (χ1v) is 6.01. The second-order valence-electron chi connectivity index (χ2n) is 5.80. The van der Waals surface area contributed by atoms with Crippen molar-refractivity contribution in [3.8, 4) is 0 Å². The van der Waals surface area contributed by atoms with E-state index in [4.69, 9.17) is 0 Å². The van der Waals surface area contributed by atoms with Gasteiger partial charge in [-0.3, -0.25) is 0 Å². The van der Waals surface area contributed by atoms with Crippen LogP contribution in [0.15, 0.2) is 30.3 Å². The molecule has 0 fully saturated rings. The van der Waals surface area contributed by atoms with E-state index in [1.165, 1.54) is 16.6 Å². The molecule has 2 rings (SSSR count). The van der Waals surface area contributed by atoms with Crippen molar-refractivity contribution in [3.05, 3.63) is 36.0 Å². The maximum Gasteiger partial charge on any atom is 0.0485 e. The molecule has 1 nitrogen and oxygen atoms in total. The van der Waals surface area contributed by atoms with Crippen LogP contribution in [-0.2, 0) is 5.41 Å². The van der Waals surface area contributed by atoms with Crippen molar-refractivity contribution >= 4 is 10.9 Å². The summed E-state index contributed by atoms with van der Waals surface area (Å²) in [7, 11) is 0. The predicted molar refractivity (Wildman–Crippen MR) is 71.0 cm³/mol. The summed E-state index contributed by atoms with van der Waals surface area (Å²) in [5, 5.41) is 1.35. The fourth-order valence-electron chi connectivity index (χ4n) is 2.31. The minimum Gasteiger partial charge on any atom is -0.342 e. The molecule has 2 aromatic rings. The Balaban J connectivity index is 2.78. The van der Waals surface area contributed by atoms with E-state index >= 15 is 0 Å². The summed E-state index contributed by atoms with van der Waals surface area (Å²) >= 11 is 0. The van der Waals surface area contributed by atoms with Gasteiger partial charge in [0, 0.05) is 22.7 Å². The number of benzene rings is 1. The fourth-order valence-corrected chi connectivity index (χ4v) is 2.31. The minimum atomic E-state index is 0.198. The summed E-state index contributed by atoms with van der Waals surface area (Å²) in [6.45, 7) is 11.3. The highest BCUT2D eigenvalue weighted by Gasteiger charge is 2.21. The molecular weight excluding hydrogens is 194 g/mol. The van der Waals surface area contributed by atoms with Gasteiger partial charge in [-0.05, 0) is 31.4 Å². The van der Waals surface area contributed by atoms with Crippen LogP contribution in [0.1, 0.15) is 46.4 Å². The standard InChI is InChI=1S/C15H21N/c1-11(2)16-13-9-7-6-8-12(13)10-14(16)15(3,4)5/h6-11H,1-5H3. The van der Waals surface area contributed by atoms with Crippen LogP contribution in [0, 0.1) is 0 Å². The average Bonchev–Trinajstić information content (AvgIpc) is 2.55. The number of fused-ring (bicyclic) bond motifs is 1. The van der Waals surface area contributed by atoms with E-state index in [-0.39, 0.29) is 5.41 Å². The zero-order valence-corrected chi connectivity index (χ0v) is 10.9. The van der Waals surface area contributed by atoms with E-state index < -0.39 is 0 Å². The molecule has 0 spiro atoms. The van der Waals surface area contributed by atoms with Gasteiger partial charge < -0.3 is 4.57 Å². The molecule has 0 unspecified atom stereocenters. The first-order chi connectivity index (χ1) is 7.41. The molecule has 1 aromatic carbocycles. The first-order valence-electron chi connectivity index (χ1n) is 6.01. The Kier molecular flexibility index (Phi) is 2.57. The smallest absolute Gasteiger partial charge is 0.0485 e. The van der Waals surface area contributed by atoms with Crippen LogP contribution in [0.3, 0.4) is 0 Å². The molecule has 16 heavy (non-hydrogen) atoms. The van der Waals surface area contributed by atoms with E-state index in [2.05, 4.69) is 69.5 Å². The fraction of sp³-hybridized carbons (Fsp3) is 0.467. The molecule has 0 bridgehead atoms. The zero-order valence-electron chi connectivity index (χ0n) is 10.9. The number of nitrogens with zero attached hydrogens (tertiary/aromatic N) is 1. The lowest BCUT2D eigenvalue weighted by molar-refractivity contribution is 0.494. The summed E-state index contributed by atoms with van der Waals surface area (Å²) in [4.78, 5) is 0. The van der Waals surface area contributed by atoms with Gasteiger partial charge in [0.05, 0.1) is 0 Å². The van der Waals surface area contributed by atoms with Gasteiger partial charge in [0.25, 0.3) is 0 Å². The number of rotatable bonds is 1. The Labute approximate surface area is 98.1 Å². The van der Waals surface area contributed by atoms with E-state index in [0.29, 0.717) is 6.04 Å². The zero-order chi connectivity index (χ0) is 11.9. The molecule has 1 heteroatoms. The molecule has 0 aliphatic rings. The van der Waals surface area contributed by atoms with Crippen molar-refractivity contribution in [2.24, 2.45) is 0 Å². The van der Waals surface area contributed by atoms with Crippen molar-refractivity contribution in [1.29, 1.82) is 0 Å². The highest BCUT2D eigenvalue weighted by Crippen LogP contribution is 2.31. The van der Waals surface area contributed by atoms with Gasteiger partial charge in [-0.2, -0.15) is 0 Å². The summed E-state index contributed by atoms with van der Waals surface area (Å²) in [6.07, 6.45) is 0. The summed E-state index contributed by atoms with van der Waals surface area (Å²) in [5.74, 6) is 0.